The van der Waals surface area contributed by atoms with Gasteiger partial charge in [-0.05, 0) is 31.8 Å². The predicted molar refractivity (Wildman–Crippen MR) is 60.2 cm³/mol. The number of aromatic nitrogens is 1. The van der Waals surface area contributed by atoms with E-state index in [9.17, 15) is 0 Å². The summed E-state index contributed by atoms with van der Waals surface area (Å²) in [5.74, 6) is 0. The molecule has 3 nitrogen and oxygen atoms in total. The molecule has 0 bridgehead atoms. The summed E-state index contributed by atoms with van der Waals surface area (Å²) in [5, 5.41) is 3.13. The first-order valence-electron chi connectivity index (χ1n) is 5.33. The fourth-order valence-electron chi connectivity index (χ4n) is 1.58. The highest BCUT2D eigenvalue weighted by atomic mass is 15.1. The summed E-state index contributed by atoms with van der Waals surface area (Å²) < 4.78 is 0. The van der Waals surface area contributed by atoms with Crippen LogP contribution in [-0.2, 0) is 13.1 Å². The fraction of sp³-hybridized carbons (Fsp3) is 0.636. The predicted octanol–water partition coefficient (Wildman–Crippen LogP) is 1.58. The van der Waals surface area contributed by atoms with Gasteiger partial charge < -0.3 is 10.3 Å². The smallest absolute Gasteiger partial charge is 0.0354 e. The second-order valence-electron chi connectivity index (χ2n) is 3.52. The van der Waals surface area contributed by atoms with Crippen molar-refractivity contribution in [2.45, 2.75) is 26.9 Å². The van der Waals surface area contributed by atoms with Gasteiger partial charge in [0.05, 0.1) is 0 Å². The van der Waals surface area contributed by atoms with Crippen LogP contribution in [0, 0.1) is 0 Å². The van der Waals surface area contributed by atoms with Gasteiger partial charge in [0.25, 0.3) is 0 Å². The highest BCUT2D eigenvalue weighted by Crippen LogP contribution is 2.06. The van der Waals surface area contributed by atoms with Crippen molar-refractivity contribution in [2.24, 2.45) is 0 Å². The number of aromatic amines is 1. The third kappa shape index (κ3) is 3.16. The van der Waals surface area contributed by atoms with E-state index >= 15 is 0 Å². The summed E-state index contributed by atoms with van der Waals surface area (Å²) >= 11 is 0. The van der Waals surface area contributed by atoms with E-state index in [1.54, 1.807) is 0 Å². The van der Waals surface area contributed by atoms with Crippen LogP contribution in [0.4, 0.5) is 0 Å². The summed E-state index contributed by atoms with van der Waals surface area (Å²) in [6, 6.07) is 2.23. The molecule has 0 unspecified atom stereocenters. The lowest BCUT2D eigenvalue weighted by atomic mass is 10.3. The van der Waals surface area contributed by atoms with Crippen LogP contribution in [0.25, 0.3) is 0 Å². The molecule has 0 aliphatic rings. The molecule has 0 saturated carbocycles. The lowest BCUT2D eigenvalue weighted by Gasteiger charge is -2.16. The Balaban J connectivity index is 2.49. The van der Waals surface area contributed by atoms with Crippen LogP contribution in [0.5, 0.6) is 0 Å². The van der Waals surface area contributed by atoms with Gasteiger partial charge >= 0.3 is 0 Å². The van der Waals surface area contributed by atoms with E-state index in [4.69, 9.17) is 0 Å². The minimum absolute atomic E-state index is 0.915. The Morgan fingerprint density at radius 1 is 1.36 bits per heavy atom. The van der Waals surface area contributed by atoms with Gasteiger partial charge in [-0.1, -0.05) is 13.8 Å². The monoisotopic (exact) mass is 195 g/mol. The van der Waals surface area contributed by atoms with E-state index in [1.807, 2.05) is 7.05 Å². The van der Waals surface area contributed by atoms with Crippen molar-refractivity contribution in [3.63, 3.8) is 0 Å². The number of H-pyrrole nitrogens is 1. The number of nitrogens with one attached hydrogen (secondary N) is 2. The van der Waals surface area contributed by atoms with E-state index in [1.165, 1.54) is 11.3 Å². The molecule has 1 heterocycles. The molecule has 0 radical (unpaired) electrons. The quantitative estimate of drug-likeness (QED) is 0.722. The normalized spacial score (nSPS) is 11.1. The van der Waals surface area contributed by atoms with Gasteiger partial charge in [0, 0.05) is 25.0 Å². The Hall–Kier alpha value is -0.800. The molecule has 1 aromatic heterocycles. The lowest BCUT2D eigenvalue weighted by Crippen LogP contribution is -2.21. The minimum Gasteiger partial charge on any atom is -0.364 e. The fourth-order valence-corrected chi connectivity index (χ4v) is 1.58. The van der Waals surface area contributed by atoms with Gasteiger partial charge in [-0.25, -0.2) is 0 Å². The molecule has 1 rings (SSSR count). The number of hydrogen-bond donors (Lipinski definition) is 2. The second-order valence-corrected chi connectivity index (χ2v) is 3.52. The van der Waals surface area contributed by atoms with Gasteiger partial charge in [-0.15, -0.1) is 0 Å². The maximum absolute atomic E-state index is 3.27. The van der Waals surface area contributed by atoms with E-state index in [0.29, 0.717) is 0 Å². The van der Waals surface area contributed by atoms with E-state index in [2.05, 4.69) is 41.3 Å². The highest BCUT2D eigenvalue weighted by Gasteiger charge is 2.02. The second kappa shape index (κ2) is 5.83. The molecule has 3 heteroatoms. The molecule has 0 aliphatic heterocycles. The van der Waals surface area contributed by atoms with Crippen LogP contribution < -0.4 is 5.32 Å². The average molecular weight is 195 g/mol. The van der Waals surface area contributed by atoms with E-state index < -0.39 is 0 Å². The van der Waals surface area contributed by atoms with Crippen LogP contribution in [0.3, 0.4) is 0 Å². The lowest BCUT2D eigenvalue weighted by molar-refractivity contribution is 0.296. The molecule has 0 aromatic carbocycles. The van der Waals surface area contributed by atoms with Crippen molar-refractivity contribution in [3.8, 4) is 0 Å². The molecule has 0 aliphatic carbocycles. The van der Waals surface area contributed by atoms with Gasteiger partial charge in [-0.2, -0.15) is 0 Å². The number of nitrogens with zero attached hydrogens (tertiary/aromatic N) is 1. The van der Waals surface area contributed by atoms with Crippen LogP contribution in [0.2, 0.25) is 0 Å². The molecule has 2 N–H and O–H groups in total. The molecular weight excluding hydrogens is 174 g/mol. The minimum atomic E-state index is 0.915. The van der Waals surface area contributed by atoms with Gasteiger partial charge in [-0.3, -0.25) is 4.90 Å². The van der Waals surface area contributed by atoms with Crippen molar-refractivity contribution in [2.75, 3.05) is 20.1 Å². The third-order valence-corrected chi connectivity index (χ3v) is 2.47. The largest absolute Gasteiger partial charge is 0.364 e. The summed E-state index contributed by atoms with van der Waals surface area (Å²) in [5.41, 5.74) is 2.63. The molecule has 80 valence electrons. The van der Waals surface area contributed by atoms with Crippen LogP contribution in [0.1, 0.15) is 25.1 Å². The molecule has 0 spiro atoms. The molecule has 1 aromatic rings. The number of rotatable bonds is 6. The molecule has 0 amide bonds. The average Bonchev–Trinajstić information content (AvgIpc) is 2.63. The van der Waals surface area contributed by atoms with Crippen LogP contribution in [0.15, 0.2) is 12.3 Å². The van der Waals surface area contributed by atoms with Crippen molar-refractivity contribution in [3.05, 3.63) is 23.5 Å². The topological polar surface area (TPSA) is 31.1 Å². The van der Waals surface area contributed by atoms with Gasteiger partial charge in [0.2, 0.25) is 0 Å². The zero-order valence-corrected chi connectivity index (χ0v) is 9.43. The first-order chi connectivity index (χ1) is 6.80. The zero-order chi connectivity index (χ0) is 10.4. The first kappa shape index (κ1) is 11.3. The highest BCUT2D eigenvalue weighted by molar-refractivity contribution is 5.16. The SMILES string of the molecule is CCN(CC)Cc1c[nH]c(CNC)c1. The summed E-state index contributed by atoms with van der Waals surface area (Å²) in [6.45, 7) is 8.59. The Labute approximate surface area is 86.5 Å². The van der Waals surface area contributed by atoms with Crippen molar-refractivity contribution < 1.29 is 0 Å². The molecule has 0 fully saturated rings. The maximum atomic E-state index is 3.27. The van der Waals surface area contributed by atoms with E-state index in [-0.39, 0.29) is 0 Å². The molecular formula is C11H21N3. The van der Waals surface area contributed by atoms with Gasteiger partial charge in [0.15, 0.2) is 0 Å². The summed E-state index contributed by atoms with van der Waals surface area (Å²) in [7, 11) is 1.96. The first-order valence-corrected chi connectivity index (χ1v) is 5.33. The van der Waals surface area contributed by atoms with E-state index in [0.717, 1.165) is 26.2 Å². The number of hydrogen-bond acceptors (Lipinski definition) is 2. The molecule has 0 atom stereocenters. The van der Waals surface area contributed by atoms with Crippen LogP contribution >= 0.6 is 0 Å². The third-order valence-electron chi connectivity index (χ3n) is 2.47. The Morgan fingerprint density at radius 2 is 2.07 bits per heavy atom. The van der Waals surface area contributed by atoms with Crippen molar-refractivity contribution in [1.29, 1.82) is 0 Å². The summed E-state index contributed by atoms with van der Waals surface area (Å²) in [4.78, 5) is 5.68. The van der Waals surface area contributed by atoms with Crippen molar-refractivity contribution in [1.82, 2.24) is 15.2 Å². The molecule has 0 saturated heterocycles. The Morgan fingerprint density at radius 3 is 2.64 bits per heavy atom. The maximum Gasteiger partial charge on any atom is 0.0354 e. The van der Waals surface area contributed by atoms with Crippen LogP contribution in [-0.4, -0.2) is 30.0 Å². The zero-order valence-electron chi connectivity index (χ0n) is 9.43. The molecule has 14 heavy (non-hydrogen) atoms. The van der Waals surface area contributed by atoms with Crippen molar-refractivity contribution >= 4 is 0 Å². The summed E-state index contributed by atoms with van der Waals surface area (Å²) in [6.07, 6.45) is 2.10. The Kier molecular flexibility index (Phi) is 4.70. The standard InChI is InChI=1S/C11H21N3/c1-4-14(5-2)9-10-6-11(8-12-3)13-7-10/h6-7,12-13H,4-5,8-9H2,1-3H3. The Bertz CT molecular complexity index is 251. The van der Waals surface area contributed by atoms with Gasteiger partial charge in [0.1, 0.15) is 0 Å².